The van der Waals surface area contributed by atoms with E-state index in [0.29, 0.717) is 17.8 Å². The van der Waals surface area contributed by atoms with E-state index in [4.69, 9.17) is 5.73 Å². The molecule has 2 aromatic rings. The molecule has 4 rings (SSSR count). The number of carbonyl (C=O) groups is 1. The van der Waals surface area contributed by atoms with Gasteiger partial charge in [-0.3, -0.25) is 9.69 Å². The fourth-order valence-corrected chi connectivity index (χ4v) is 5.76. The van der Waals surface area contributed by atoms with E-state index in [1.807, 2.05) is 35.2 Å². The van der Waals surface area contributed by atoms with Crippen LogP contribution in [0.4, 0.5) is 5.69 Å². The third-order valence-corrected chi connectivity index (χ3v) is 7.60. The molecule has 2 aliphatic rings. The van der Waals surface area contributed by atoms with E-state index in [0.717, 1.165) is 39.1 Å². The summed E-state index contributed by atoms with van der Waals surface area (Å²) in [4.78, 5) is 17.6. The highest BCUT2D eigenvalue weighted by molar-refractivity contribution is 9.10. The number of halogens is 1. The van der Waals surface area contributed by atoms with Crippen LogP contribution in [-0.2, 0) is 11.2 Å². The summed E-state index contributed by atoms with van der Waals surface area (Å²) in [5.74, 6) is 0.145. The summed E-state index contributed by atoms with van der Waals surface area (Å²) < 4.78 is 0.962. The first-order valence-electron chi connectivity index (χ1n) is 10.1. The summed E-state index contributed by atoms with van der Waals surface area (Å²) >= 11 is 5.14. The number of nitrogens with two attached hydrogens (primary N) is 1. The van der Waals surface area contributed by atoms with Gasteiger partial charge in [0, 0.05) is 37.6 Å². The maximum atomic E-state index is 13.4. The lowest BCUT2D eigenvalue weighted by Crippen LogP contribution is -2.42. The molecule has 0 bridgehead atoms. The minimum Gasteiger partial charge on any atom is -0.384 e. The first-order valence-corrected chi connectivity index (χ1v) is 11.7. The van der Waals surface area contributed by atoms with E-state index in [-0.39, 0.29) is 17.1 Å². The quantitative estimate of drug-likeness (QED) is 0.582. The van der Waals surface area contributed by atoms with Crippen molar-refractivity contribution in [3.05, 3.63) is 73.3 Å². The largest absolute Gasteiger partial charge is 0.384 e. The van der Waals surface area contributed by atoms with Crippen molar-refractivity contribution in [2.45, 2.75) is 46.0 Å². The van der Waals surface area contributed by atoms with Gasteiger partial charge in [-0.05, 0) is 54.7 Å². The van der Waals surface area contributed by atoms with Crippen molar-refractivity contribution < 1.29 is 4.79 Å². The van der Waals surface area contributed by atoms with Gasteiger partial charge in [0.2, 0.25) is 0 Å². The highest BCUT2D eigenvalue weighted by Crippen LogP contribution is 2.51. The van der Waals surface area contributed by atoms with Crippen LogP contribution >= 0.6 is 27.3 Å². The predicted octanol–water partition coefficient (Wildman–Crippen LogP) is 6.01. The van der Waals surface area contributed by atoms with Gasteiger partial charge in [-0.2, -0.15) is 5.26 Å². The number of nitrogens with zero attached hydrogens (tertiary/aromatic N) is 2. The molecule has 4 nitrogen and oxygen atoms in total. The number of aryl methyl sites for hydroxylation is 1. The van der Waals surface area contributed by atoms with Crippen molar-refractivity contribution in [1.82, 2.24) is 0 Å². The average Bonchev–Trinajstić information content (AvgIpc) is 3.16. The number of rotatable bonds is 3. The van der Waals surface area contributed by atoms with Crippen molar-refractivity contribution in [3.8, 4) is 6.07 Å². The number of nitriles is 1. The molecule has 0 fully saturated rings. The standard InChI is InChI=1S/C24H24BrN3OS/c1-4-16-9-10-20(30-16)21-17(13-26)23(27)28(15-7-5-14(25)6-8-15)18-11-24(2,3)12-19(29)22(18)21/h5-10,21H,4,11-12,27H2,1-3H3/t21-/m1/s1. The van der Waals surface area contributed by atoms with Gasteiger partial charge < -0.3 is 5.73 Å². The second kappa shape index (κ2) is 7.72. The minimum absolute atomic E-state index is 0.111. The second-order valence-corrected chi connectivity index (χ2v) is 10.7. The topological polar surface area (TPSA) is 70.1 Å². The Morgan fingerprint density at radius 3 is 2.53 bits per heavy atom. The predicted molar refractivity (Wildman–Crippen MR) is 125 cm³/mol. The average molecular weight is 482 g/mol. The van der Waals surface area contributed by atoms with E-state index >= 15 is 0 Å². The third-order valence-electron chi connectivity index (χ3n) is 5.78. The van der Waals surface area contributed by atoms with E-state index in [1.54, 1.807) is 11.3 Å². The number of hydrogen-bond acceptors (Lipinski definition) is 5. The molecule has 30 heavy (non-hydrogen) atoms. The number of hydrogen-bond donors (Lipinski definition) is 1. The summed E-state index contributed by atoms with van der Waals surface area (Å²) in [6.07, 6.45) is 2.13. The summed E-state index contributed by atoms with van der Waals surface area (Å²) in [6.45, 7) is 6.34. The van der Waals surface area contributed by atoms with Crippen molar-refractivity contribution >= 4 is 38.7 Å². The molecule has 2 N–H and O–H groups in total. The lowest BCUT2D eigenvalue weighted by atomic mass is 9.69. The summed E-state index contributed by atoms with van der Waals surface area (Å²) in [6, 6.07) is 14.3. The summed E-state index contributed by atoms with van der Waals surface area (Å²) in [5.41, 5.74) is 9.44. The number of thiophene rings is 1. The van der Waals surface area contributed by atoms with E-state index in [1.165, 1.54) is 4.88 Å². The Morgan fingerprint density at radius 1 is 1.23 bits per heavy atom. The SMILES string of the molecule is CCc1ccc([C@H]2C(C#N)=C(N)N(c3ccc(Br)cc3)C3=C2C(=O)CC(C)(C)C3)s1. The Hall–Kier alpha value is -2.36. The van der Waals surface area contributed by atoms with Crippen molar-refractivity contribution in [1.29, 1.82) is 5.26 Å². The van der Waals surface area contributed by atoms with Crippen molar-refractivity contribution in [2.75, 3.05) is 4.90 Å². The Morgan fingerprint density at radius 2 is 1.93 bits per heavy atom. The van der Waals surface area contributed by atoms with Gasteiger partial charge in [-0.25, -0.2) is 0 Å². The number of benzene rings is 1. The van der Waals surface area contributed by atoms with Crippen LogP contribution in [0.1, 0.15) is 49.3 Å². The number of Topliss-reactive ketones (excluding diaryl/α,β-unsaturated/α-hetero) is 1. The number of anilines is 1. The monoisotopic (exact) mass is 481 g/mol. The zero-order valence-electron chi connectivity index (χ0n) is 17.3. The molecule has 1 aromatic carbocycles. The smallest absolute Gasteiger partial charge is 0.162 e. The minimum atomic E-state index is -0.384. The van der Waals surface area contributed by atoms with Crippen LogP contribution in [0.3, 0.4) is 0 Å². The molecule has 154 valence electrons. The van der Waals surface area contributed by atoms with Gasteiger partial charge >= 0.3 is 0 Å². The molecular weight excluding hydrogens is 458 g/mol. The zero-order valence-corrected chi connectivity index (χ0v) is 19.7. The van der Waals surface area contributed by atoms with E-state index in [9.17, 15) is 10.1 Å². The normalized spacial score (nSPS) is 21.0. The molecule has 0 radical (unpaired) electrons. The Labute approximate surface area is 189 Å². The van der Waals surface area contributed by atoms with Crippen LogP contribution in [0.5, 0.6) is 0 Å². The molecule has 1 aliphatic heterocycles. The van der Waals surface area contributed by atoms with Gasteiger partial charge in [-0.1, -0.05) is 36.7 Å². The maximum Gasteiger partial charge on any atom is 0.162 e. The summed E-state index contributed by atoms with van der Waals surface area (Å²) in [5, 5.41) is 10.1. The second-order valence-electron chi connectivity index (χ2n) is 8.61. The molecule has 1 aliphatic carbocycles. The van der Waals surface area contributed by atoms with Gasteiger partial charge in [0.05, 0.1) is 17.6 Å². The zero-order chi connectivity index (χ0) is 21.6. The molecule has 0 saturated carbocycles. The summed E-state index contributed by atoms with van der Waals surface area (Å²) in [7, 11) is 0. The van der Waals surface area contributed by atoms with Crippen LogP contribution in [0.25, 0.3) is 0 Å². The van der Waals surface area contributed by atoms with Gasteiger partial charge in [-0.15, -0.1) is 11.3 Å². The molecule has 0 spiro atoms. The Kier molecular flexibility index (Phi) is 5.37. The molecule has 6 heteroatoms. The third kappa shape index (κ3) is 3.51. The number of allylic oxidation sites excluding steroid dienone is 3. The molecule has 0 saturated heterocycles. The fraction of sp³-hybridized carbons (Fsp3) is 0.333. The van der Waals surface area contributed by atoms with Crippen LogP contribution in [0.2, 0.25) is 0 Å². The van der Waals surface area contributed by atoms with E-state index < -0.39 is 0 Å². The van der Waals surface area contributed by atoms with E-state index in [2.05, 4.69) is 48.8 Å². The van der Waals surface area contributed by atoms with Crippen LogP contribution in [0, 0.1) is 16.7 Å². The van der Waals surface area contributed by atoms with Crippen LogP contribution in [-0.4, -0.2) is 5.78 Å². The molecule has 0 unspecified atom stereocenters. The number of carbonyl (C=O) groups excluding carboxylic acids is 1. The van der Waals surface area contributed by atoms with Crippen molar-refractivity contribution in [2.24, 2.45) is 11.1 Å². The highest BCUT2D eigenvalue weighted by atomic mass is 79.9. The molecule has 2 heterocycles. The first kappa shape index (κ1) is 20.9. The number of ketones is 1. The molecular formula is C24H24BrN3OS. The van der Waals surface area contributed by atoms with Gasteiger partial charge in [0.25, 0.3) is 0 Å². The lowest BCUT2D eigenvalue weighted by Gasteiger charge is -2.43. The molecule has 0 amide bonds. The maximum absolute atomic E-state index is 13.4. The molecule has 1 aromatic heterocycles. The van der Waals surface area contributed by atoms with Crippen molar-refractivity contribution in [3.63, 3.8) is 0 Å². The molecule has 1 atom stereocenters. The lowest BCUT2D eigenvalue weighted by molar-refractivity contribution is -0.118. The van der Waals surface area contributed by atoms with Gasteiger partial charge in [0.15, 0.2) is 5.78 Å². The fourth-order valence-electron chi connectivity index (χ4n) is 4.42. The first-order chi connectivity index (χ1) is 14.3. The van der Waals surface area contributed by atoms with Crippen LogP contribution < -0.4 is 10.6 Å². The van der Waals surface area contributed by atoms with Gasteiger partial charge in [0.1, 0.15) is 5.82 Å². The highest BCUT2D eigenvalue weighted by Gasteiger charge is 2.45. The Bertz CT molecular complexity index is 1120. The Balaban J connectivity index is 1.97. The van der Waals surface area contributed by atoms with Crippen LogP contribution in [0.15, 0.2) is 63.5 Å².